The largest absolute Gasteiger partial charge is 0.482 e. The zero-order valence-corrected chi connectivity index (χ0v) is 18.1. The van der Waals surface area contributed by atoms with Crippen LogP contribution in [0.5, 0.6) is 5.75 Å². The van der Waals surface area contributed by atoms with Crippen LogP contribution in [-0.4, -0.2) is 21.9 Å². The summed E-state index contributed by atoms with van der Waals surface area (Å²) in [5, 5.41) is 12.0. The first-order chi connectivity index (χ1) is 13.9. The summed E-state index contributed by atoms with van der Waals surface area (Å²) in [6.07, 6.45) is 0. The summed E-state index contributed by atoms with van der Waals surface area (Å²) in [5.41, 5.74) is 1.90. The van der Waals surface area contributed by atoms with Crippen LogP contribution in [-0.2, 0) is 11.4 Å². The van der Waals surface area contributed by atoms with E-state index in [-0.39, 0.29) is 29.4 Å². The van der Waals surface area contributed by atoms with Crippen molar-refractivity contribution >= 4 is 46.6 Å². The summed E-state index contributed by atoms with van der Waals surface area (Å²) >= 11 is 13.1. The topological polar surface area (TPSA) is 77.2 Å². The fourth-order valence-electron chi connectivity index (χ4n) is 2.51. The predicted molar refractivity (Wildman–Crippen MR) is 115 cm³/mol. The molecule has 9 heteroatoms. The van der Waals surface area contributed by atoms with Gasteiger partial charge in [0.05, 0.1) is 10.8 Å². The Kier molecular flexibility index (Phi) is 7.41. The van der Waals surface area contributed by atoms with E-state index in [1.165, 1.54) is 0 Å². The number of nitrogens with zero attached hydrogens (tertiary/aromatic N) is 2. The average Bonchev–Trinajstić information content (AvgIpc) is 3.14. The molecule has 29 heavy (non-hydrogen) atoms. The highest BCUT2D eigenvalue weighted by Crippen LogP contribution is 2.28. The Balaban J connectivity index is 1.51. The second-order valence-electron chi connectivity index (χ2n) is 6.40. The number of hydrogen-bond donors (Lipinski definition) is 1. The van der Waals surface area contributed by atoms with Gasteiger partial charge in [-0.05, 0) is 35.7 Å². The van der Waals surface area contributed by atoms with Crippen molar-refractivity contribution in [1.82, 2.24) is 10.2 Å². The van der Waals surface area contributed by atoms with Gasteiger partial charge in [0.15, 0.2) is 6.61 Å². The first kappa shape index (κ1) is 21.5. The third kappa shape index (κ3) is 6.13. The van der Waals surface area contributed by atoms with Crippen molar-refractivity contribution in [2.75, 3.05) is 11.1 Å². The van der Waals surface area contributed by atoms with Gasteiger partial charge in [0.1, 0.15) is 5.75 Å². The third-order valence-electron chi connectivity index (χ3n) is 3.88. The van der Waals surface area contributed by atoms with Crippen LogP contribution in [0.1, 0.15) is 31.2 Å². The number of thioether (sulfide) groups is 1. The van der Waals surface area contributed by atoms with Gasteiger partial charge in [0, 0.05) is 10.7 Å². The molecule has 0 radical (unpaired) electrons. The smallest absolute Gasteiger partial charge is 0.277 e. The minimum atomic E-state index is -0.146. The maximum atomic E-state index is 12.3. The standard InChI is InChI=1S/C20H19Cl2N3O3S/c1-12(2)14-5-3-4-6-16(14)23-18(26)11-29-20-25-24-19(28-20)10-27-17-8-7-13(21)9-15(17)22/h3-9,12H,10-11H2,1-2H3,(H,23,26). The van der Waals surface area contributed by atoms with Crippen LogP contribution in [0.2, 0.25) is 10.0 Å². The van der Waals surface area contributed by atoms with Crippen LogP contribution in [0.25, 0.3) is 0 Å². The van der Waals surface area contributed by atoms with Crippen LogP contribution < -0.4 is 10.1 Å². The fourth-order valence-corrected chi connectivity index (χ4v) is 3.56. The zero-order chi connectivity index (χ0) is 20.8. The molecule has 1 N–H and O–H groups in total. The maximum absolute atomic E-state index is 12.3. The van der Waals surface area contributed by atoms with Crippen molar-refractivity contribution < 1.29 is 13.9 Å². The quantitative estimate of drug-likeness (QED) is 0.435. The van der Waals surface area contributed by atoms with Gasteiger partial charge in [-0.1, -0.05) is 67.0 Å². The number of carbonyl (C=O) groups is 1. The lowest BCUT2D eigenvalue weighted by molar-refractivity contribution is -0.113. The summed E-state index contributed by atoms with van der Waals surface area (Å²) in [6, 6.07) is 12.7. The van der Waals surface area contributed by atoms with Crippen molar-refractivity contribution in [3.63, 3.8) is 0 Å². The average molecular weight is 452 g/mol. The Morgan fingerprint density at radius 2 is 2.00 bits per heavy atom. The van der Waals surface area contributed by atoms with E-state index in [1.807, 2.05) is 24.3 Å². The van der Waals surface area contributed by atoms with Gasteiger partial charge in [-0.15, -0.1) is 10.2 Å². The highest BCUT2D eigenvalue weighted by Gasteiger charge is 2.13. The molecule has 1 amide bonds. The molecule has 0 saturated heterocycles. The number of amides is 1. The highest BCUT2D eigenvalue weighted by atomic mass is 35.5. The van der Waals surface area contributed by atoms with Gasteiger partial charge in [0.25, 0.3) is 11.1 Å². The Morgan fingerprint density at radius 3 is 2.76 bits per heavy atom. The zero-order valence-electron chi connectivity index (χ0n) is 15.8. The van der Waals surface area contributed by atoms with E-state index in [2.05, 4.69) is 29.4 Å². The molecule has 0 saturated carbocycles. The third-order valence-corrected chi connectivity index (χ3v) is 5.23. The van der Waals surface area contributed by atoms with Crippen LogP contribution in [0.4, 0.5) is 5.69 Å². The Bertz CT molecular complexity index is 995. The van der Waals surface area contributed by atoms with Gasteiger partial charge < -0.3 is 14.5 Å². The lowest BCUT2D eigenvalue weighted by atomic mass is 10.0. The van der Waals surface area contributed by atoms with Crippen LogP contribution >= 0.6 is 35.0 Å². The lowest BCUT2D eigenvalue weighted by Crippen LogP contribution is -2.15. The molecule has 0 aliphatic heterocycles. The van der Waals surface area contributed by atoms with Gasteiger partial charge in [0.2, 0.25) is 5.91 Å². The normalized spacial score (nSPS) is 10.9. The van der Waals surface area contributed by atoms with Crippen molar-refractivity contribution in [3.05, 3.63) is 64.0 Å². The maximum Gasteiger partial charge on any atom is 0.277 e. The molecular formula is C20H19Cl2N3O3S. The molecule has 0 aliphatic rings. The number of rotatable bonds is 8. The summed E-state index contributed by atoms with van der Waals surface area (Å²) in [5.74, 6) is 1.06. The molecule has 1 heterocycles. The van der Waals surface area contributed by atoms with E-state index in [0.29, 0.717) is 21.7 Å². The Morgan fingerprint density at radius 1 is 1.21 bits per heavy atom. The first-order valence-electron chi connectivity index (χ1n) is 8.84. The molecule has 2 aromatic carbocycles. The van der Waals surface area contributed by atoms with Crippen LogP contribution in [0.3, 0.4) is 0 Å². The van der Waals surface area contributed by atoms with Crippen molar-refractivity contribution in [3.8, 4) is 5.75 Å². The molecule has 0 unspecified atom stereocenters. The number of para-hydroxylation sites is 1. The van der Waals surface area contributed by atoms with Crippen LogP contribution in [0.15, 0.2) is 52.1 Å². The van der Waals surface area contributed by atoms with Crippen molar-refractivity contribution in [2.24, 2.45) is 0 Å². The van der Waals surface area contributed by atoms with Gasteiger partial charge in [-0.2, -0.15) is 0 Å². The molecule has 6 nitrogen and oxygen atoms in total. The number of benzene rings is 2. The summed E-state index contributed by atoms with van der Waals surface area (Å²) in [4.78, 5) is 12.3. The number of hydrogen-bond acceptors (Lipinski definition) is 6. The van der Waals surface area contributed by atoms with Gasteiger partial charge in [-0.3, -0.25) is 4.79 Å². The van der Waals surface area contributed by atoms with Crippen LogP contribution in [0, 0.1) is 0 Å². The molecular weight excluding hydrogens is 433 g/mol. The van der Waals surface area contributed by atoms with E-state index in [4.69, 9.17) is 32.4 Å². The van der Waals surface area contributed by atoms with Gasteiger partial charge in [-0.25, -0.2) is 0 Å². The van der Waals surface area contributed by atoms with E-state index in [1.54, 1.807) is 18.2 Å². The molecule has 0 fully saturated rings. The minimum Gasteiger partial charge on any atom is -0.482 e. The minimum absolute atomic E-state index is 0.0584. The fraction of sp³-hybridized carbons (Fsp3) is 0.250. The number of aromatic nitrogens is 2. The SMILES string of the molecule is CC(C)c1ccccc1NC(=O)CSc1nnc(COc2ccc(Cl)cc2Cl)o1. The Labute approximate surface area is 182 Å². The van der Waals surface area contributed by atoms with E-state index >= 15 is 0 Å². The highest BCUT2D eigenvalue weighted by molar-refractivity contribution is 7.99. The molecule has 0 atom stereocenters. The molecule has 1 aromatic heterocycles. The molecule has 3 aromatic rings. The van der Waals surface area contributed by atoms with Gasteiger partial charge >= 0.3 is 0 Å². The van der Waals surface area contributed by atoms with Crippen molar-refractivity contribution in [1.29, 1.82) is 0 Å². The van der Waals surface area contributed by atoms with E-state index < -0.39 is 0 Å². The predicted octanol–water partition coefficient (Wildman–Crippen LogP) is 5.81. The molecule has 0 bridgehead atoms. The second kappa shape index (κ2) is 10.0. The Hall–Kier alpha value is -2.22. The molecule has 0 spiro atoms. The number of anilines is 1. The van der Waals surface area contributed by atoms with E-state index in [0.717, 1.165) is 23.0 Å². The number of carbonyl (C=O) groups excluding carboxylic acids is 1. The molecule has 152 valence electrons. The summed E-state index contributed by atoms with van der Waals surface area (Å²) in [7, 11) is 0. The summed E-state index contributed by atoms with van der Waals surface area (Å²) in [6.45, 7) is 4.22. The molecule has 0 aliphatic carbocycles. The lowest BCUT2D eigenvalue weighted by Gasteiger charge is -2.13. The van der Waals surface area contributed by atoms with Crippen molar-refractivity contribution in [2.45, 2.75) is 31.6 Å². The first-order valence-corrected chi connectivity index (χ1v) is 10.6. The number of ether oxygens (including phenoxy) is 1. The number of halogens is 2. The monoisotopic (exact) mass is 451 g/mol. The summed E-state index contributed by atoms with van der Waals surface area (Å²) < 4.78 is 11.1. The number of nitrogens with one attached hydrogen (secondary N) is 1. The van der Waals surface area contributed by atoms with E-state index in [9.17, 15) is 4.79 Å². The second-order valence-corrected chi connectivity index (χ2v) is 8.17. The molecule has 3 rings (SSSR count).